The normalized spacial score (nSPS) is 34.0. The minimum absolute atomic E-state index is 0.152. The van der Waals surface area contributed by atoms with Crippen LogP contribution in [0.15, 0.2) is 4.99 Å². The smallest absolute Gasteiger partial charge is 0.222 e. The fraction of sp³-hybridized carbons (Fsp3) is 0.667. The van der Waals surface area contributed by atoms with Crippen molar-refractivity contribution in [2.45, 2.75) is 12.8 Å². The summed E-state index contributed by atoms with van der Waals surface area (Å²) in [5.41, 5.74) is 4.88. The minimum Gasteiger partial charge on any atom is -0.591 e. The highest BCUT2D eigenvalue weighted by atomic mass is 32.2. The second kappa shape index (κ2) is 4.97. The molecule has 2 aliphatic rings. The molecule has 0 spiro atoms. The van der Waals surface area contributed by atoms with Crippen molar-refractivity contribution in [3.63, 3.8) is 0 Å². The number of nitrogens with zero attached hydrogens (tertiary/aromatic N) is 1. The first-order valence-corrected chi connectivity index (χ1v) is 8.56. The molecule has 0 bridgehead atoms. The lowest BCUT2D eigenvalue weighted by Crippen LogP contribution is -2.47. The molecular weight excluding hydrogens is 262 g/mol. The van der Waals surface area contributed by atoms with E-state index < -0.39 is 28.5 Å². The zero-order valence-corrected chi connectivity index (χ0v) is 11.6. The number of Topliss-reactive ketones (excluding diaryl/α,β-unsaturated/α-hetero) is 1. The maximum Gasteiger partial charge on any atom is 0.222 e. The molecule has 0 aliphatic carbocycles. The number of ketones is 1. The summed E-state index contributed by atoms with van der Waals surface area (Å²) in [5, 5.41) is -0.207. The third kappa shape index (κ3) is 2.49. The summed E-state index contributed by atoms with van der Waals surface area (Å²) >= 11 is -2.08. The summed E-state index contributed by atoms with van der Waals surface area (Å²) in [7, 11) is 0. The molecule has 98 valence electrons. The number of amidine groups is 1. The van der Waals surface area contributed by atoms with Crippen LogP contribution >= 0.6 is 11.8 Å². The van der Waals surface area contributed by atoms with Crippen LogP contribution in [0.3, 0.4) is 0 Å². The Morgan fingerprint density at radius 3 is 2.94 bits per heavy atom. The Hall–Kier alpha value is -0.570. The first kappa shape index (κ1) is 12.9. The van der Waals surface area contributed by atoms with Gasteiger partial charge in [-0.05, 0) is 12.2 Å². The van der Waals surface area contributed by atoms with Gasteiger partial charge in [-0.15, -0.1) is 0 Å². The van der Waals surface area contributed by atoms with Gasteiger partial charge in [-0.25, -0.2) is 4.99 Å². The van der Waals surface area contributed by atoms with Gasteiger partial charge in [-0.3, -0.25) is 21.4 Å². The van der Waals surface area contributed by atoms with E-state index in [2.05, 4.69) is 9.71 Å². The zero-order chi connectivity index (χ0) is 12.5. The Labute approximate surface area is 106 Å². The lowest BCUT2D eigenvalue weighted by Gasteiger charge is -2.34. The van der Waals surface area contributed by atoms with Gasteiger partial charge in [-0.2, -0.15) is 4.72 Å². The quantitative estimate of drug-likeness (QED) is 0.464. The summed E-state index contributed by atoms with van der Waals surface area (Å²) in [6.07, 6.45) is 0.974. The highest BCUT2D eigenvalue weighted by molar-refractivity contribution is 8.15. The predicted molar refractivity (Wildman–Crippen MR) is 72.4 cm³/mol. The number of carbonyl (C=O) groups is 2. The lowest BCUT2D eigenvalue weighted by atomic mass is 9.77. The van der Waals surface area contributed by atoms with Crippen LogP contribution in [0.2, 0.25) is 0 Å². The third-order valence-electron chi connectivity index (χ3n) is 3.29. The van der Waals surface area contributed by atoms with Gasteiger partial charge in [0.25, 0.3) is 0 Å². The number of hydrogen-bond donors (Lipinski definition) is 2. The molecule has 0 amide bonds. The van der Waals surface area contributed by atoms with E-state index in [1.165, 1.54) is 0 Å². The van der Waals surface area contributed by atoms with E-state index in [-0.39, 0.29) is 23.3 Å². The van der Waals surface area contributed by atoms with Crippen molar-refractivity contribution in [2.75, 3.05) is 18.2 Å². The summed E-state index contributed by atoms with van der Waals surface area (Å²) < 4.78 is 13.9. The lowest BCUT2D eigenvalue weighted by molar-refractivity contribution is -0.138. The second-order valence-corrected chi connectivity index (χ2v) is 7.45. The number of nitrogens with two attached hydrogens (primary N) is 1. The van der Waals surface area contributed by atoms with Crippen LogP contribution in [0.5, 0.6) is 0 Å². The fourth-order valence-corrected chi connectivity index (χ4v) is 4.80. The maximum absolute atomic E-state index is 12.0. The van der Waals surface area contributed by atoms with Crippen molar-refractivity contribution in [2.24, 2.45) is 16.1 Å². The van der Waals surface area contributed by atoms with E-state index in [0.29, 0.717) is 18.7 Å². The predicted octanol–water partition coefficient (Wildman–Crippen LogP) is -1.89. The van der Waals surface area contributed by atoms with Crippen molar-refractivity contribution in [3.8, 4) is 0 Å². The molecule has 0 aromatic heterocycles. The molecule has 2 heterocycles. The summed E-state index contributed by atoms with van der Waals surface area (Å²) in [4.78, 5) is 27.6. The van der Waals surface area contributed by atoms with Gasteiger partial charge in [-0.1, -0.05) is 0 Å². The molecule has 1 fully saturated rings. The molecule has 1 saturated heterocycles. The zero-order valence-electron chi connectivity index (χ0n) is 9.40. The first-order chi connectivity index (χ1) is 8.07. The average Bonchev–Trinajstić information content (AvgIpc) is 2.71. The molecule has 0 radical (unpaired) electrons. The molecule has 0 saturated carbocycles. The molecule has 2 atom stereocenters. The molecule has 2 unspecified atom stereocenters. The number of rotatable bonds is 3. The van der Waals surface area contributed by atoms with Crippen molar-refractivity contribution in [1.29, 1.82) is 0 Å². The number of aliphatic imine (C=N–C) groups is 1. The standard InChI is InChI=1S/C9H17N3O3S2/c10-4-9(1-2-16-8(14)7(9)13)3-6-11-5-17(15)12-6/h1-5,10H2,16H4,(H,11,12). The molecule has 2 rings (SSSR count). The highest BCUT2D eigenvalue weighted by Crippen LogP contribution is 2.35. The Morgan fingerprint density at radius 1 is 1.59 bits per heavy atom. The topological polar surface area (TPSA) is 108 Å². The summed E-state index contributed by atoms with van der Waals surface area (Å²) in [5.74, 6) is 1.24. The molecule has 6 nitrogen and oxygen atoms in total. The summed E-state index contributed by atoms with van der Waals surface area (Å²) in [6, 6.07) is 0. The van der Waals surface area contributed by atoms with E-state index in [1.807, 2.05) is 0 Å². The van der Waals surface area contributed by atoms with E-state index in [9.17, 15) is 14.1 Å². The van der Waals surface area contributed by atoms with Crippen LogP contribution in [0.25, 0.3) is 0 Å². The van der Waals surface area contributed by atoms with E-state index in [0.717, 1.165) is 5.75 Å². The van der Waals surface area contributed by atoms with E-state index in [1.54, 1.807) is 0 Å². The van der Waals surface area contributed by atoms with Crippen LogP contribution in [0, 0.1) is 5.41 Å². The van der Waals surface area contributed by atoms with Crippen molar-refractivity contribution in [1.82, 2.24) is 4.72 Å². The van der Waals surface area contributed by atoms with Gasteiger partial charge < -0.3 is 10.3 Å². The fourth-order valence-electron chi connectivity index (χ4n) is 2.29. The molecule has 0 aromatic carbocycles. The number of nitrogens with one attached hydrogen (secondary N) is 1. The van der Waals surface area contributed by atoms with Crippen molar-refractivity contribution < 1.29 is 14.1 Å². The van der Waals surface area contributed by atoms with Crippen molar-refractivity contribution >= 4 is 39.9 Å². The van der Waals surface area contributed by atoms with E-state index >= 15 is 0 Å². The Kier molecular flexibility index (Phi) is 3.76. The Morgan fingerprint density at radius 2 is 2.35 bits per heavy atom. The number of carbonyl (C=O) groups excluding carboxylic acids is 2. The van der Waals surface area contributed by atoms with Gasteiger partial charge in [0.05, 0.1) is 16.8 Å². The average molecular weight is 279 g/mol. The molecule has 8 heteroatoms. The van der Waals surface area contributed by atoms with Crippen LogP contribution < -0.4 is 10.5 Å². The van der Waals surface area contributed by atoms with Crippen LogP contribution in [-0.4, -0.2) is 39.5 Å². The number of hydrogen-bond acceptors (Lipinski definition) is 6. The molecule has 0 aromatic rings. The van der Waals surface area contributed by atoms with Crippen molar-refractivity contribution in [3.05, 3.63) is 0 Å². The van der Waals surface area contributed by atoms with Crippen LogP contribution in [0.4, 0.5) is 0 Å². The molecule has 2 aliphatic heterocycles. The van der Waals surface area contributed by atoms with Crippen LogP contribution in [-0.2, 0) is 21.0 Å². The third-order valence-corrected chi connectivity index (χ3v) is 5.60. The first-order valence-electron chi connectivity index (χ1n) is 5.53. The van der Waals surface area contributed by atoms with E-state index in [4.69, 9.17) is 5.73 Å². The molecule has 3 N–H and O–H groups in total. The highest BCUT2D eigenvalue weighted by Gasteiger charge is 2.44. The Balaban J connectivity index is 2.14. The molecule has 17 heavy (non-hydrogen) atoms. The maximum atomic E-state index is 12.0. The van der Waals surface area contributed by atoms with Gasteiger partial charge in [0, 0.05) is 13.0 Å². The SMILES string of the molecule is NCC1(CC2=NC[S+]([O-])N2)CC[SH4]C(=O)C1=O. The summed E-state index contributed by atoms with van der Waals surface area (Å²) in [6.45, 7) is 0.152. The van der Waals surface area contributed by atoms with Gasteiger partial charge in [0.1, 0.15) is 5.84 Å². The second-order valence-electron chi connectivity index (χ2n) is 4.45. The van der Waals surface area contributed by atoms with Crippen LogP contribution in [0.1, 0.15) is 12.8 Å². The van der Waals surface area contributed by atoms with Gasteiger partial charge >= 0.3 is 0 Å². The van der Waals surface area contributed by atoms with Gasteiger partial charge in [0.15, 0.2) is 0 Å². The molecular formula is C9H17N3O3S2. The minimum atomic E-state index is -1.18. The monoisotopic (exact) mass is 279 g/mol. The Bertz CT molecular complexity index is 388. The largest absolute Gasteiger partial charge is 0.591 e. The van der Waals surface area contributed by atoms with Gasteiger partial charge in [0.2, 0.25) is 16.8 Å².